The fraction of sp³-hybridized carbons (Fsp3) is 0.800. The van der Waals surface area contributed by atoms with Crippen molar-refractivity contribution in [2.45, 2.75) is 66.8 Å². The first-order valence-corrected chi connectivity index (χ1v) is 9.36. The van der Waals surface area contributed by atoms with Crippen molar-refractivity contribution in [2.75, 3.05) is 26.3 Å². The standard InChI is InChI=1S/C20H38N2O/c1-8-18(9-2)20(7,10-3)16(5)19(21-11-4)17(6)22-12-14-23-15-13-22/h11,17-18,21H,4,8-10,12-15H2,1-3,5-7H3/b19-16-/t17?,20-/m1/s1. The zero-order valence-corrected chi connectivity index (χ0v) is 16.2. The lowest BCUT2D eigenvalue weighted by atomic mass is 9.67. The fourth-order valence-corrected chi connectivity index (χ4v) is 4.16. The molecule has 0 radical (unpaired) electrons. The Morgan fingerprint density at radius 1 is 1.26 bits per heavy atom. The molecule has 0 amide bonds. The van der Waals surface area contributed by atoms with Gasteiger partial charge in [-0.25, -0.2) is 0 Å². The molecule has 0 aromatic rings. The Morgan fingerprint density at radius 3 is 2.26 bits per heavy atom. The number of nitrogens with zero attached hydrogens (tertiary/aromatic N) is 1. The number of allylic oxidation sites excluding steroid dienone is 1. The van der Waals surface area contributed by atoms with Gasteiger partial charge in [0, 0.05) is 24.8 Å². The molecule has 1 aliphatic rings. The van der Waals surface area contributed by atoms with Crippen molar-refractivity contribution in [3.8, 4) is 0 Å². The first-order chi connectivity index (χ1) is 11.0. The summed E-state index contributed by atoms with van der Waals surface area (Å²) in [5.74, 6) is 0.714. The van der Waals surface area contributed by atoms with E-state index in [4.69, 9.17) is 4.74 Å². The summed E-state index contributed by atoms with van der Waals surface area (Å²) < 4.78 is 5.51. The summed E-state index contributed by atoms with van der Waals surface area (Å²) in [5.41, 5.74) is 3.06. The third-order valence-corrected chi connectivity index (χ3v) is 6.15. The van der Waals surface area contributed by atoms with Gasteiger partial charge in [0.05, 0.1) is 13.2 Å². The molecule has 1 saturated heterocycles. The van der Waals surface area contributed by atoms with Gasteiger partial charge in [0.25, 0.3) is 0 Å². The molecule has 0 bridgehead atoms. The molecule has 0 saturated carbocycles. The van der Waals surface area contributed by atoms with Crippen LogP contribution in [0.1, 0.15) is 60.8 Å². The van der Waals surface area contributed by atoms with Crippen LogP contribution in [-0.4, -0.2) is 37.2 Å². The minimum Gasteiger partial charge on any atom is -0.379 e. The molecule has 1 unspecified atom stereocenters. The number of hydrogen-bond acceptors (Lipinski definition) is 3. The van der Waals surface area contributed by atoms with E-state index >= 15 is 0 Å². The predicted molar refractivity (Wildman–Crippen MR) is 100 cm³/mol. The largest absolute Gasteiger partial charge is 0.379 e. The molecule has 2 atom stereocenters. The van der Waals surface area contributed by atoms with Crippen molar-refractivity contribution in [3.63, 3.8) is 0 Å². The zero-order valence-electron chi connectivity index (χ0n) is 16.2. The first-order valence-electron chi connectivity index (χ1n) is 9.36. The quantitative estimate of drug-likeness (QED) is 0.673. The smallest absolute Gasteiger partial charge is 0.0594 e. The highest BCUT2D eigenvalue weighted by Gasteiger charge is 2.35. The molecule has 23 heavy (non-hydrogen) atoms. The third kappa shape index (κ3) is 4.60. The second-order valence-corrected chi connectivity index (χ2v) is 7.00. The second-order valence-electron chi connectivity index (χ2n) is 7.00. The van der Waals surface area contributed by atoms with Crippen molar-refractivity contribution in [1.82, 2.24) is 10.2 Å². The van der Waals surface area contributed by atoms with Crippen LogP contribution < -0.4 is 5.32 Å². The third-order valence-electron chi connectivity index (χ3n) is 6.15. The van der Waals surface area contributed by atoms with Crippen LogP contribution in [0.15, 0.2) is 24.0 Å². The molecule has 1 fully saturated rings. The van der Waals surface area contributed by atoms with Gasteiger partial charge in [-0.2, -0.15) is 0 Å². The van der Waals surface area contributed by atoms with Gasteiger partial charge in [-0.3, -0.25) is 4.90 Å². The van der Waals surface area contributed by atoms with Crippen LogP contribution in [0.2, 0.25) is 0 Å². The van der Waals surface area contributed by atoms with Gasteiger partial charge in [-0.15, -0.1) is 0 Å². The Morgan fingerprint density at radius 2 is 1.83 bits per heavy atom. The minimum absolute atomic E-state index is 0.232. The highest BCUT2D eigenvalue weighted by Crippen LogP contribution is 2.43. The topological polar surface area (TPSA) is 24.5 Å². The van der Waals surface area contributed by atoms with Gasteiger partial charge >= 0.3 is 0 Å². The van der Waals surface area contributed by atoms with E-state index in [1.54, 1.807) is 0 Å². The van der Waals surface area contributed by atoms with Crippen LogP contribution in [0, 0.1) is 11.3 Å². The van der Waals surface area contributed by atoms with E-state index in [2.05, 4.69) is 58.3 Å². The summed E-state index contributed by atoms with van der Waals surface area (Å²) in [6.45, 7) is 21.6. The Bertz CT molecular complexity index is 394. The molecule has 3 nitrogen and oxygen atoms in total. The van der Waals surface area contributed by atoms with Crippen LogP contribution in [0.4, 0.5) is 0 Å². The van der Waals surface area contributed by atoms with Crippen molar-refractivity contribution in [2.24, 2.45) is 11.3 Å². The molecule has 0 aromatic carbocycles. The molecule has 0 spiro atoms. The van der Waals surface area contributed by atoms with E-state index in [0.717, 1.165) is 26.3 Å². The lowest BCUT2D eigenvalue weighted by Crippen LogP contribution is -2.46. The van der Waals surface area contributed by atoms with Crippen molar-refractivity contribution < 1.29 is 4.74 Å². The molecule has 134 valence electrons. The summed E-state index contributed by atoms with van der Waals surface area (Å²) in [6.07, 6.45) is 5.46. The van der Waals surface area contributed by atoms with E-state index in [1.807, 2.05) is 6.20 Å². The van der Waals surface area contributed by atoms with Gasteiger partial charge in [-0.1, -0.05) is 47.1 Å². The average molecular weight is 323 g/mol. The Balaban J connectivity index is 3.19. The van der Waals surface area contributed by atoms with Gasteiger partial charge in [0.2, 0.25) is 0 Å². The molecular weight excluding hydrogens is 284 g/mol. The maximum atomic E-state index is 5.51. The second kappa shape index (κ2) is 9.48. The van der Waals surface area contributed by atoms with E-state index in [-0.39, 0.29) is 5.41 Å². The highest BCUT2D eigenvalue weighted by molar-refractivity contribution is 5.25. The number of hydrogen-bond donors (Lipinski definition) is 1. The summed E-state index contributed by atoms with van der Waals surface area (Å²) in [6, 6.07) is 0.372. The van der Waals surface area contributed by atoms with E-state index in [0.29, 0.717) is 12.0 Å². The normalized spacial score (nSPS) is 21.5. The van der Waals surface area contributed by atoms with E-state index < -0.39 is 0 Å². The molecule has 0 aliphatic carbocycles. The van der Waals surface area contributed by atoms with Crippen molar-refractivity contribution in [3.05, 3.63) is 24.0 Å². The van der Waals surface area contributed by atoms with Crippen LogP contribution in [0.5, 0.6) is 0 Å². The number of nitrogens with one attached hydrogen (secondary N) is 1. The van der Waals surface area contributed by atoms with E-state index in [9.17, 15) is 0 Å². The monoisotopic (exact) mass is 322 g/mol. The molecule has 1 N–H and O–H groups in total. The molecule has 1 heterocycles. The van der Waals surface area contributed by atoms with Crippen LogP contribution in [-0.2, 0) is 4.74 Å². The minimum atomic E-state index is 0.232. The predicted octanol–water partition coefficient (Wildman–Crippen LogP) is 4.57. The van der Waals surface area contributed by atoms with Gasteiger partial charge < -0.3 is 10.1 Å². The van der Waals surface area contributed by atoms with Gasteiger partial charge in [-0.05, 0) is 43.4 Å². The molecule has 3 heteroatoms. The molecule has 1 rings (SSSR count). The Kier molecular flexibility index (Phi) is 8.35. The number of ether oxygens (including phenoxy) is 1. The lowest BCUT2D eigenvalue weighted by Gasteiger charge is -2.42. The zero-order chi connectivity index (χ0) is 17.5. The molecule has 0 aromatic heterocycles. The Hall–Kier alpha value is -0.800. The molecular formula is C20H38N2O. The maximum absolute atomic E-state index is 5.51. The van der Waals surface area contributed by atoms with Crippen molar-refractivity contribution >= 4 is 0 Å². The van der Waals surface area contributed by atoms with Gasteiger partial charge in [0.1, 0.15) is 0 Å². The Labute approximate surface area is 144 Å². The highest BCUT2D eigenvalue weighted by atomic mass is 16.5. The van der Waals surface area contributed by atoms with Crippen molar-refractivity contribution in [1.29, 1.82) is 0 Å². The SMILES string of the molecule is C=CN/C(=C(/C)[C@@](C)(CC)C(CC)CC)C(C)N1CCOCC1. The van der Waals surface area contributed by atoms with Crippen LogP contribution in [0.3, 0.4) is 0 Å². The fourth-order valence-electron chi connectivity index (χ4n) is 4.16. The average Bonchev–Trinajstić information content (AvgIpc) is 2.60. The maximum Gasteiger partial charge on any atom is 0.0594 e. The number of morpholine rings is 1. The summed E-state index contributed by atoms with van der Waals surface area (Å²) in [4.78, 5) is 2.52. The van der Waals surface area contributed by atoms with E-state index in [1.165, 1.54) is 30.5 Å². The molecule has 1 aliphatic heterocycles. The summed E-state index contributed by atoms with van der Waals surface area (Å²) >= 11 is 0. The summed E-state index contributed by atoms with van der Waals surface area (Å²) in [5, 5.41) is 3.48. The van der Waals surface area contributed by atoms with Crippen LogP contribution >= 0.6 is 0 Å². The van der Waals surface area contributed by atoms with Crippen LogP contribution in [0.25, 0.3) is 0 Å². The summed E-state index contributed by atoms with van der Waals surface area (Å²) in [7, 11) is 0. The lowest BCUT2D eigenvalue weighted by molar-refractivity contribution is 0.0253. The van der Waals surface area contributed by atoms with Gasteiger partial charge in [0.15, 0.2) is 0 Å². The number of rotatable bonds is 9. The first kappa shape index (κ1) is 20.2.